The summed E-state index contributed by atoms with van der Waals surface area (Å²) in [5.74, 6) is 0.825. The van der Waals surface area contributed by atoms with Crippen molar-refractivity contribution >= 4 is 17.5 Å². The molecule has 2 aromatic rings. The zero-order chi connectivity index (χ0) is 20.8. The second kappa shape index (κ2) is 9.32. The molecule has 3 rings (SSSR count). The van der Waals surface area contributed by atoms with Crippen LogP contribution in [-0.4, -0.2) is 39.2 Å². The monoisotopic (exact) mass is 398 g/mol. The van der Waals surface area contributed by atoms with E-state index in [9.17, 15) is 9.59 Å². The highest BCUT2D eigenvalue weighted by molar-refractivity contribution is 6.06. The van der Waals surface area contributed by atoms with Crippen LogP contribution in [0.3, 0.4) is 0 Å². The molecule has 2 aromatic carbocycles. The molecule has 1 saturated carbocycles. The van der Waals surface area contributed by atoms with Crippen LogP contribution in [0.4, 0.5) is 5.69 Å². The Morgan fingerprint density at radius 3 is 2.00 bits per heavy atom. The van der Waals surface area contributed by atoms with Crippen molar-refractivity contribution in [1.29, 1.82) is 0 Å². The van der Waals surface area contributed by atoms with Gasteiger partial charge in [-0.05, 0) is 31.0 Å². The Morgan fingerprint density at radius 1 is 0.862 bits per heavy atom. The van der Waals surface area contributed by atoms with E-state index in [1.54, 1.807) is 36.4 Å². The van der Waals surface area contributed by atoms with Gasteiger partial charge in [0.15, 0.2) is 11.5 Å². The minimum atomic E-state index is -0.338. The number of rotatable bonds is 7. The lowest BCUT2D eigenvalue weighted by atomic mass is 10.1. The van der Waals surface area contributed by atoms with Gasteiger partial charge < -0.3 is 24.8 Å². The van der Waals surface area contributed by atoms with Crippen LogP contribution in [-0.2, 0) is 0 Å². The van der Waals surface area contributed by atoms with Crippen molar-refractivity contribution in [3.63, 3.8) is 0 Å². The third-order valence-electron chi connectivity index (χ3n) is 5.00. The topological polar surface area (TPSA) is 85.9 Å². The first-order chi connectivity index (χ1) is 14.0. The van der Waals surface area contributed by atoms with E-state index in [0.717, 1.165) is 25.7 Å². The molecule has 2 amide bonds. The van der Waals surface area contributed by atoms with Gasteiger partial charge >= 0.3 is 0 Å². The number of amides is 2. The van der Waals surface area contributed by atoms with Crippen LogP contribution in [0.5, 0.6) is 17.2 Å². The van der Waals surface area contributed by atoms with Crippen LogP contribution < -0.4 is 24.8 Å². The zero-order valence-corrected chi connectivity index (χ0v) is 16.9. The van der Waals surface area contributed by atoms with Crippen molar-refractivity contribution in [2.75, 3.05) is 26.6 Å². The second-order valence-electron chi connectivity index (χ2n) is 6.90. The highest BCUT2D eigenvalue weighted by Crippen LogP contribution is 2.40. The van der Waals surface area contributed by atoms with Gasteiger partial charge in [-0.2, -0.15) is 0 Å². The maximum atomic E-state index is 12.7. The first-order valence-electron chi connectivity index (χ1n) is 9.58. The van der Waals surface area contributed by atoms with Crippen LogP contribution in [0, 0.1) is 0 Å². The summed E-state index contributed by atoms with van der Waals surface area (Å²) < 4.78 is 15.9. The van der Waals surface area contributed by atoms with Crippen molar-refractivity contribution in [2.24, 2.45) is 0 Å². The largest absolute Gasteiger partial charge is 0.493 e. The van der Waals surface area contributed by atoms with E-state index >= 15 is 0 Å². The molecule has 0 atom stereocenters. The molecular formula is C22H26N2O5. The first-order valence-corrected chi connectivity index (χ1v) is 9.58. The van der Waals surface area contributed by atoms with Crippen molar-refractivity contribution in [2.45, 2.75) is 31.7 Å². The standard InChI is InChI=1S/C22H26N2O5/c1-27-18-12-17(13-19(28-2)20(18)29-3)24-22(26)15-8-6-7-14(11-15)21(25)23-16-9-4-5-10-16/h6-8,11-13,16H,4-5,9-10H2,1-3H3,(H,23,25)(H,24,26). The predicted molar refractivity (Wildman–Crippen MR) is 110 cm³/mol. The van der Waals surface area contributed by atoms with Crippen LogP contribution in [0.25, 0.3) is 0 Å². The number of carbonyl (C=O) groups excluding carboxylic acids is 2. The molecule has 154 valence electrons. The fraction of sp³-hybridized carbons (Fsp3) is 0.364. The Kier molecular flexibility index (Phi) is 6.59. The van der Waals surface area contributed by atoms with Gasteiger partial charge in [-0.15, -0.1) is 0 Å². The van der Waals surface area contributed by atoms with E-state index in [2.05, 4.69) is 10.6 Å². The van der Waals surface area contributed by atoms with E-state index < -0.39 is 0 Å². The molecule has 1 aliphatic rings. The van der Waals surface area contributed by atoms with Gasteiger partial charge in [0.2, 0.25) is 5.75 Å². The van der Waals surface area contributed by atoms with Crippen LogP contribution >= 0.6 is 0 Å². The van der Waals surface area contributed by atoms with Crippen molar-refractivity contribution in [3.05, 3.63) is 47.5 Å². The smallest absolute Gasteiger partial charge is 0.255 e. The number of ether oxygens (including phenoxy) is 3. The normalized spacial score (nSPS) is 13.6. The Bertz CT molecular complexity index is 866. The molecule has 0 spiro atoms. The molecule has 0 radical (unpaired) electrons. The zero-order valence-electron chi connectivity index (χ0n) is 16.9. The molecule has 7 nitrogen and oxygen atoms in total. The molecule has 7 heteroatoms. The maximum absolute atomic E-state index is 12.7. The van der Waals surface area contributed by atoms with Crippen molar-refractivity contribution < 1.29 is 23.8 Å². The third-order valence-corrected chi connectivity index (χ3v) is 5.00. The summed E-state index contributed by atoms with van der Waals surface area (Å²) >= 11 is 0. The minimum absolute atomic E-state index is 0.153. The summed E-state index contributed by atoms with van der Waals surface area (Å²) in [5, 5.41) is 5.85. The summed E-state index contributed by atoms with van der Waals surface area (Å²) in [6.07, 6.45) is 4.30. The number of benzene rings is 2. The molecule has 0 aliphatic heterocycles. The number of nitrogens with one attached hydrogen (secondary N) is 2. The second-order valence-corrected chi connectivity index (χ2v) is 6.90. The molecule has 0 aromatic heterocycles. The Labute approximate surface area is 170 Å². The molecule has 1 fully saturated rings. The number of hydrogen-bond acceptors (Lipinski definition) is 5. The summed E-state index contributed by atoms with van der Waals surface area (Å²) in [7, 11) is 4.53. The summed E-state index contributed by atoms with van der Waals surface area (Å²) in [6.45, 7) is 0. The van der Waals surface area contributed by atoms with Gasteiger partial charge in [0.25, 0.3) is 11.8 Å². The van der Waals surface area contributed by atoms with E-state index in [1.807, 2.05) is 0 Å². The lowest BCUT2D eigenvalue weighted by Gasteiger charge is -2.15. The lowest BCUT2D eigenvalue weighted by molar-refractivity contribution is 0.0938. The molecule has 0 unspecified atom stereocenters. The van der Waals surface area contributed by atoms with Gasteiger partial charge in [-0.1, -0.05) is 18.9 Å². The average molecular weight is 398 g/mol. The highest BCUT2D eigenvalue weighted by Gasteiger charge is 2.19. The SMILES string of the molecule is COc1cc(NC(=O)c2cccc(C(=O)NC3CCCC3)c2)cc(OC)c1OC. The van der Waals surface area contributed by atoms with Crippen LogP contribution in [0.15, 0.2) is 36.4 Å². The summed E-state index contributed by atoms with van der Waals surface area (Å²) in [4.78, 5) is 25.2. The fourth-order valence-electron chi connectivity index (χ4n) is 3.50. The van der Waals surface area contributed by atoms with Crippen molar-refractivity contribution in [1.82, 2.24) is 5.32 Å². The molecule has 29 heavy (non-hydrogen) atoms. The first kappa shape index (κ1) is 20.5. The maximum Gasteiger partial charge on any atom is 0.255 e. The third kappa shape index (κ3) is 4.80. The molecule has 2 N–H and O–H groups in total. The number of carbonyl (C=O) groups is 2. The Hall–Kier alpha value is -3.22. The van der Waals surface area contributed by atoms with Gasteiger partial charge in [0.05, 0.1) is 21.3 Å². The molecule has 0 bridgehead atoms. The van der Waals surface area contributed by atoms with Crippen LogP contribution in [0.2, 0.25) is 0 Å². The summed E-state index contributed by atoms with van der Waals surface area (Å²) in [6, 6.07) is 10.2. The number of hydrogen-bond donors (Lipinski definition) is 2. The molecule has 1 aliphatic carbocycles. The van der Waals surface area contributed by atoms with Crippen molar-refractivity contribution in [3.8, 4) is 17.2 Å². The quantitative estimate of drug-likeness (QED) is 0.744. The lowest BCUT2D eigenvalue weighted by Crippen LogP contribution is -2.32. The predicted octanol–water partition coefficient (Wildman–Crippen LogP) is 3.64. The van der Waals surface area contributed by atoms with Gasteiger partial charge in [-0.3, -0.25) is 9.59 Å². The van der Waals surface area contributed by atoms with E-state index in [-0.39, 0.29) is 17.9 Å². The van der Waals surface area contributed by atoms with E-state index in [4.69, 9.17) is 14.2 Å². The Balaban J connectivity index is 1.76. The molecular weight excluding hydrogens is 372 g/mol. The molecule has 0 heterocycles. The minimum Gasteiger partial charge on any atom is -0.493 e. The van der Waals surface area contributed by atoms with Gasteiger partial charge in [-0.25, -0.2) is 0 Å². The fourth-order valence-corrected chi connectivity index (χ4v) is 3.50. The molecule has 0 saturated heterocycles. The van der Waals surface area contributed by atoms with Gasteiger partial charge in [0.1, 0.15) is 0 Å². The Morgan fingerprint density at radius 2 is 1.45 bits per heavy atom. The van der Waals surface area contributed by atoms with E-state index in [0.29, 0.717) is 34.1 Å². The number of anilines is 1. The summed E-state index contributed by atoms with van der Waals surface area (Å²) in [5.41, 5.74) is 1.34. The average Bonchev–Trinajstić information content (AvgIpc) is 3.26. The van der Waals surface area contributed by atoms with Crippen LogP contribution in [0.1, 0.15) is 46.4 Å². The van der Waals surface area contributed by atoms with Gasteiger partial charge in [0, 0.05) is 35.0 Å². The number of methoxy groups -OCH3 is 3. The highest BCUT2D eigenvalue weighted by atomic mass is 16.5. The van der Waals surface area contributed by atoms with E-state index in [1.165, 1.54) is 21.3 Å².